The predicted molar refractivity (Wildman–Crippen MR) is 79.6 cm³/mol. The van der Waals surface area contributed by atoms with Crippen LogP contribution in [0.25, 0.3) is 0 Å². The average Bonchev–Trinajstić information content (AvgIpc) is 2.46. The second-order valence-corrected chi connectivity index (χ2v) is 5.33. The highest BCUT2D eigenvalue weighted by molar-refractivity contribution is 5.59. The van der Waals surface area contributed by atoms with Gasteiger partial charge < -0.3 is 4.90 Å². The Kier molecular flexibility index (Phi) is 3.15. The minimum absolute atomic E-state index is 0.704. The van der Waals surface area contributed by atoms with E-state index in [4.69, 9.17) is 0 Å². The van der Waals surface area contributed by atoms with E-state index < -0.39 is 0 Å². The number of aryl methyl sites for hydroxylation is 2. The van der Waals surface area contributed by atoms with Crippen molar-refractivity contribution in [1.29, 1.82) is 5.26 Å². The van der Waals surface area contributed by atoms with E-state index in [1.165, 1.54) is 11.1 Å². The molecule has 0 spiro atoms. The molecule has 0 saturated heterocycles. The zero-order valence-electron chi connectivity index (χ0n) is 11.8. The third-order valence-electron chi connectivity index (χ3n) is 3.87. The number of nitriles is 1. The zero-order valence-corrected chi connectivity index (χ0v) is 11.8. The van der Waals surface area contributed by atoms with Crippen LogP contribution in [0.3, 0.4) is 0 Å². The van der Waals surface area contributed by atoms with Gasteiger partial charge in [-0.15, -0.1) is 0 Å². The van der Waals surface area contributed by atoms with Crippen LogP contribution in [-0.4, -0.2) is 11.5 Å². The number of anilines is 1. The third-order valence-corrected chi connectivity index (χ3v) is 3.87. The van der Waals surface area contributed by atoms with E-state index in [1.807, 2.05) is 19.9 Å². The Labute approximate surface area is 119 Å². The van der Waals surface area contributed by atoms with Crippen LogP contribution in [-0.2, 0) is 13.0 Å². The molecular weight excluding hydrogens is 246 g/mol. The molecule has 3 rings (SSSR count). The average molecular weight is 263 g/mol. The quantitative estimate of drug-likeness (QED) is 0.793. The van der Waals surface area contributed by atoms with Gasteiger partial charge in [0.05, 0.1) is 5.56 Å². The lowest BCUT2D eigenvalue weighted by Gasteiger charge is -2.30. The Hall–Kier alpha value is -2.34. The summed E-state index contributed by atoms with van der Waals surface area (Å²) in [6, 6.07) is 12.8. The summed E-state index contributed by atoms with van der Waals surface area (Å²) in [7, 11) is 0. The van der Waals surface area contributed by atoms with E-state index >= 15 is 0 Å². The topological polar surface area (TPSA) is 39.9 Å². The first-order valence-electron chi connectivity index (χ1n) is 6.89. The summed E-state index contributed by atoms with van der Waals surface area (Å²) in [6.07, 6.45) is 1.01. The number of hydrogen-bond donors (Lipinski definition) is 0. The van der Waals surface area contributed by atoms with Crippen molar-refractivity contribution >= 4 is 5.82 Å². The Morgan fingerprint density at radius 2 is 1.95 bits per heavy atom. The third kappa shape index (κ3) is 2.14. The molecule has 1 aliphatic heterocycles. The van der Waals surface area contributed by atoms with E-state index in [0.29, 0.717) is 5.56 Å². The van der Waals surface area contributed by atoms with Crippen molar-refractivity contribution in [2.45, 2.75) is 26.8 Å². The van der Waals surface area contributed by atoms with Crippen LogP contribution in [0.4, 0.5) is 5.82 Å². The first kappa shape index (κ1) is 12.7. The number of fused-ring (bicyclic) bond motifs is 1. The van der Waals surface area contributed by atoms with Crippen molar-refractivity contribution in [3.8, 4) is 6.07 Å². The summed E-state index contributed by atoms with van der Waals surface area (Å²) in [5, 5.41) is 9.40. The molecule has 0 saturated carbocycles. The van der Waals surface area contributed by atoms with Crippen molar-refractivity contribution in [2.75, 3.05) is 11.4 Å². The van der Waals surface area contributed by atoms with E-state index in [2.05, 4.69) is 40.2 Å². The van der Waals surface area contributed by atoms with Crippen LogP contribution in [0.2, 0.25) is 0 Å². The summed E-state index contributed by atoms with van der Waals surface area (Å²) in [5.74, 6) is 0.833. The largest absolute Gasteiger partial charge is 0.351 e. The van der Waals surface area contributed by atoms with Gasteiger partial charge >= 0.3 is 0 Å². The van der Waals surface area contributed by atoms with Gasteiger partial charge in [-0.2, -0.15) is 5.26 Å². The molecule has 20 heavy (non-hydrogen) atoms. The molecule has 1 aliphatic rings. The summed E-state index contributed by atoms with van der Waals surface area (Å²) < 4.78 is 0. The lowest BCUT2D eigenvalue weighted by Crippen LogP contribution is -2.32. The van der Waals surface area contributed by atoms with Gasteiger partial charge in [-0.25, -0.2) is 4.98 Å². The lowest BCUT2D eigenvalue weighted by molar-refractivity contribution is 0.718. The molecule has 0 fully saturated rings. The van der Waals surface area contributed by atoms with Gasteiger partial charge in [0.25, 0.3) is 0 Å². The van der Waals surface area contributed by atoms with Crippen molar-refractivity contribution in [3.05, 3.63) is 58.3 Å². The maximum absolute atomic E-state index is 9.40. The molecule has 1 aromatic carbocycles. The molecule has 100 valence electrons. The number of aromatic nitrogens is 1. The maximum atomic E-state index is 9.40. The van der Waals surface area contributed by atoms with Crippen LogP contribution >= 0.6 is 0 Å². The van der Waals surface area contributed by atoms with E-state index in [9.17, 15) is 5.26 Å². The summed E-state index contributed by atoms with van der Waals surface area (Å²) in [5.41, 5.74) is 5.43. The lowest BCUT2D eigenvalue weighted by atomic mass is 9.99. The molecule has 0 unspecified atom stereocenters. The fourth-order valence-corrected chi connectivity index (χ4v) is 2.86. The van der Waals surface area contributed by atoms with Gasteiger partial charge in [-0.1, -0.05) is 24.3 Å². The van der Waals surface area contributed by atoms with Crippen LogP contribution in [0, 0.1) is 25.2 Å². The maximum Gasteiger partial charge on any atom is 0.147 e. The second kappa shape index (κ2) is 4.97. The van der Waals surface area contributed by atoms with Crippen molar-refractivity contribution in [1.82, 2.24) is 4.98 Å². The highest BCUT2D eigenvalue weighted by Gasteiger charge is 2.20. The first-order valence-corrected chi connectivity index (χ1v) is 6.89. The van der Waals surface area contributed by atoms with Crippen LogP contribution < -0.4 is 4.90 Å². The molecule has 3 heteroatoms. The fourth-order valence-electron chi connectivity index (χ4n) is 2.86. The van der Waals surface area contributed by atoms with Gasteiger partial charge in [0, 0.05) is 18.8 Å². The smallest absolute Gasteiger partial charge is 0.147 e. The molecule has 2 aromatic rings. The Bertz CT molecular complexity index is 698. The minimum Gasteiger partial charge on any atom is -0.351 e. The van der Waals surface area contributed by atoms with Crippen LogP contribution in [0.15, 0.2) is 30.3 Å². The van der Waals surface area contributed by atoms with E-state index in [0.717, 1.165) is 36.6 Å². The number of pyridine rings is 1. The van der Waals surface area contributed by atoms with Crippen LogP contribution in [0.5, 0.6) is 0 Å². The molecule has 3 nitrogen and oxygen atoms in total. The van der Waals surface area contributed by atoms with E-state index in [-0.39, 0.29) is 0 Å². The molecule has 0 atom stereocenters. The molecule has 2 heterocycles. The van der Waals surface area contributed by atoms with Crippen LogP contribution in [0.1, 0.15) is 27.9 Å². The highest BCUT2D eigenvalue weighted by Crippen LogP contribution is 2.27. The van der Waals surface area contributed by atoms with Gasteiger partial charge in [0.1, 0.15) is 11.9 Å². The van der Waals surface area contributed by atoms with Gasteiger partial charge in [-0.3, -0.25) is 0 Å². The first-order chi connectivity index (χ1) is 9.69. The van der Waals surface area contributed by atoms with E-state index in [1.54, 1.807) is 0 Å². The number of rotatable bonds is 1. The number of hydrogen-bond acceptors (Lipinski definition) is 3. The van der Waals surface area contributed by atoms with Gasteiger partial charge in [0.15, 0.2) is 0 Å². The highest BCUT2D eigenvalue weighted by atomic mass is 15.2. The summed E-state index contributed by atoms with van der Waals surface area (Å²) in [4.78, 5) is 6.83. The van der Waals surface area contributed by atoms with Crippen molar-refractivity contribution < 1.29 is 0 Å². The Balaban J connectivity index is 2.02. The summed E-state index contributed by atoms with van der Waals surface area (Å²) >= 11 is 0. The minimum atomic E-state index is 0.704. The molecule has 0 bridgehead atoms. The molecule has 1 aromatic heterocycles. The van der Waals surface area contributed by atoms with Gasteiger partial charge in [-0.05, 0) is 43.0 Å². The standard InChI is InChI=1S/C17H17N3/c1-12-9-13(2)19-17(16(12)10-18)20-8-7-14-5-3-4-6-15(14)11-20/h3-6,9H,7-8,11H2,1-2H3. The molecule has 0 N–H and O–H groups in total. The second-order valence-electron chi connectivity index (χ2n) is 5.33. The summed E-state index contributed by atoms with van der Waals surface area (Å²) in [6.45, 7) is 5.71. The Morgan fingerprint density at radius 1 is 1.20 bits per heavy atom. The molecule has 0 amide bonds. The SMILES string of the molecule is Cc1cc(C)c(C#N)c(N2CCc3ccccc3C2)n1. The van der Waals surface area contributed by atoms with Crippen molar-refractivity contribution in [3.63, 3.8) is 0 Å². The number of benzene rings is 1. The molecule has 0 radical (unpaired) electrons. The number of nitrogens with zero attached hydrogens (tertiary/aromatic N) is 3. The fraction of sp³-hybridized carbons (Fsp3) is 0.294. The zero-order chi connectivity index (χ0) is 14.1. The molecular formula is C17H17N3. The normalized spacial score (nSPS) is 13.8. The predicted octanol–water partition coefficient (Wildman–Crippen LogP) is 3.13. The van der Waals surface area contributed by atoms with Crippen molar-refractivity contribution in [2.24, 2.45) is 0 Å². The Morgan fingerprint density at radius 3 is 2.70 bits per heavy atom. The monoisotopic (exact) mass is 263 g/mol. The van der Waals surface area contributed by atoms with Gasteiger partial charge in [0.2, 0.25) is 0 Å². The molecule has 0 aliphatic carbocycles.